The van der Waals surface area contributed by atoms with Gasteiger partial charge in [-0.2, -0.15) is 0 Å². The average molecular weight is 537 g/mol. The summed E-state index contributed by atoms with van der Waals surface area (Å²) in [4.78, 5) is 59.6. The number of aromatic nitrogens is 1. The van der Waals surface area contributed by atoms with E-state index in [1.165, 1.54) is 16.2 Å². The monoisotopic (exact) mass is 536 g/mol. The second-order valence-corrected chi connectivity index (χ2v) is 10.8. The van der Waals surface area contributed by atoms with Crippen molar-refractivity contribution in [2.24, 2.45) is 11.7 Å². The number of H-pyrrole nitrogens is 1. The van der Waals surface area contributed by atoms with E-state index in [2.05, 4.69) is 15.6 Å². The second kappa shape index (κ2) is 11.4. The lowest BCUT2D eigenvalue weighted by molar-refractivity contribution is -0.142. The normalized spacial score (nSPS) is 19.3. The Labute approximate surface area is 224 Å². The van der Waals surface area contributed by atoms with Crippen molar-refractivity contribution < 1.29 is 19.2 Å². The third-order valence-corrected chi connectivity index (χ3v) is 8.29. The molecule has 2 saturated heterocycles. The van der Waals surface area contributed by atoms with Gasteiger partial charge in [-0.1, -0.05) is 24.3 Å². The van der Waals surface area contributed by atoms with E-state index >= 15 is 0 Å². The number of carbonyl (C=O) groups is 4. The highest BCUT2D eigenvalue weighted by molar-refractivity contribution is 7.12. The molecular weight excluding hydrogens is 504 g/mol. The van der Waals surface area contributed by atoms with Crippen LogP contribution in [0.25, 0.3) is 10.9 Å². The number of hydrogen-bond donors (Lipinski definition) is 4. The molecule has 0 bridgehead atoms. The summed E-state index contributed by atoms with van der Waals surface area (Å²) in [6.07, 6.45) is 3.50. The Kier molecular flexibility index (Phi) is 7.75. The Hall–Kier alpha value is -3.70. The maximum absolute atomic E-state index is 13.7. The Morgan fingerprint density at radius 3 is 2.61 bits per heavy atom. The lowest BCUT2D eigenvalue weighted by atomic mass is 9.95. The van der Waals surface area contributed by atoms with E-state index in [4.69, 9.17) is 5.73 Å². The Balaban J connectivity index is 1.36. The van der Waals surface area contributed by atoms with Gasteiger partial charge in [-0.25, -0.2) is 0 Å². The van der Waals surface area contributed by atoms with Crippen LogP contribution in [0.4, 0.5) is 0 Å². The van der Waals surface area contributed by atoms with E-state index in [0.717, 1.165) is 42.4 Å². The number of benzene rings is 1. The zero-order valence-electron chi connectivity index (χ0n) is 21.0. The van der Waals surface area contributed by atoms with Crippen LogP contribution in [0, 0.1) is 5.92 Å². The van der Waals surface area contributed by atoms with Gasteiger partial charge in [0.1, 0.15) is 12.1 Å². The molecule has 0 saturated carbocycles. The van der Waals surface area contributed by atoms with Crippen molar-refractivity contribution in [3.8, 4) is 0 Å². The topological polar surface area (TPSA) is 141 Å². The third kappa shape index (κ3) is 5.44. The lowest BCUT2D eigenvalue weighted by Gasteiger charge is -2.42. The van der Waals surface area contributed by atoms with Gasteiger partial charge < -0.3 is 31.2 Å². The number of carbonyl (C=O) groups excluding carboxylic acids is 4. The van der Waals surface area contributed by atoms with Crippen molar-refractivity contribution in [3.63, 3.8) is 0 Å². The number of para-hydroxylation sites is 1. The maximum Gasteiger partial charge on any atom is 0.264 e. The van der Waals surface area contributed by atoms with Gasteiger partial charge in [0.2, 0.25) is 17.7 Å². The third-order valence-electron chi connectivity index (χ3n) is 7.43. The van der Waals surface area contributed by atoms with Crippen LogP contribution in [0.1, 0.15) is 28.1 Å². The molecule has 200 valence electrons. The molecule has 2 fully saturated rings. The fourth-order valence-electron chi connectivity index (χ4n) is 5.33. The number of hydrogen-bond acceptors (Lipinski definition) is 6. The highest BCUT2D eigenvalue weighted by atomic mass is 32.1. The maximum atomic E-state index is 13.7. The van der Waals surface area contributed by atoms with E-state index in [0.29, 0.717) is 11.4 Å². The van der Waals surface area contributed by atoms with Crippen LogP contribution in [0.3, 0.4) is 0 Å². The van der Waals surface area contributed by atoms with Gasteiger partial charge in [0.15, 0.2) is 0 Å². The lowest BCUT2D eigenvalue weighted by Crippen LogP contribution is -2.63. The molecule has 2 aromatic heterocycles. The van der Waals surface area contributed by atoms with Crippen molar-refractivity contribution in [1.29, 1.82) is 0 Å². The van der Waals surface area contributed by atoms with Crippen LogP contribution in [0.2, 0.25) is 0 Å². The summed E-state index contributed by atoms with van der Waals surface area (Å²) in [5.41, 5.74) is 7.48. The predicted molar refractivity (Wildman–Crippen MR) is 144 cm³/mol. The first-order valence-electron chi connectivity index (χ1n) is 12.9. The molecule has 5 rings (SSSR count). The van der Waals surface area contributed by atoms with Crippen LogP contribution in [0.15, 0.2) is 48.0 Å². The first-order chi connectivity index (χ1) is 18.4. The van der Waals surface area contributed by atoms with Crippen LogP contribution >= 0.6 is 11.3 Å². The Morgan fingerprint density at radius 2 is 1.87 bits per heavy atom. The fourth-order valence-corrected chi connectivity index (χ4v) is 6.01. The number of rotatable bonds is 7. The highest BCUT2D eigenvalue weighted by Crippen LogP contribution is 2.23. The van der Waals surface area contributed by atoms with Crippen molar-refractivity contribution >= 4 is 45.9 Å². The molecule has 2 atom stereocenters. The summed E-state index contributed by atoms with van der Waals surface area (Å²) >= 11 is 1.30. The van der Waals surface area contributed by atoms with Crippen molar-refractivity contribution in [3.05, 3.63) is 58.4 Å². The van der Waals surface area contributed by atoms with Crippen LogP contribution in [-0.2, 0) is 20.8 Å². The molecule has 4 heterocycles. The van der Waals surface area contributed by atoms with Crippen LogP contribution in [-0.4, -0.2) is 83.2 Å². The zero-order chi connectivity index (χ0) is 26.6. The fraction of sp³-hybridized carbons (Fsp3) is 0.407. The van der Waals surface area contributed by atoms with Gasteiger partial charge in [0.25, 0.3) is 5.91 Å². The quantitative estimate of drug-likeness (QED) is 0.358. The van der Waals surface area contributed by atoms with Gasteiger partial charge in [-0.05, 0) is 49.0 Å². The summed E-state index contributed by atoms with van der Waals surface area (Å²) in [5.74, 6) is -1.52. The van der Waals surface area contributed by atoms with Gasteiger partial charge in [-0.3, -0.25) is 19.2 Å². The highest BCUT2D eigenvalue weighted by Gasteiger charge is 2.40. The van der Waals surface area contributed by atoms with E-state index in [1.807, 2.05) is 29.6 Å². The van der Waals surface area contributed by atoms with Crippen molar-refractivity contribution in [1.82, 2.24) is 25.4 Å². The molecule has 0 unspecified atom stereocenters. The number of nitrogens with zero attached hydrogens (tertiary/aromatic N) is 2. The van der Waals surface area contributed by atoms with Gasteiger partial charge in [0.05, 0.1) is 11.4 Å². The molecule has 5 N–H and O–H groups in total. The van der Waals surface area contributed by atoms with Crippen molar-refractivity contribution in [2.75, 3.05) is 32.7 Å². The average Bonchev–Trinajstić information content (AvgIpc) is 3.63. The number of amides is 4. The molecule has 0 radical (unpaired) electrons. The largest absolute Gasteiger partial charge is 0.368 e. The smallest absolute Gasteiger partial charge is 0.264 e. The first kappa shape index (κ1) is 25.9. The van der Waals surface area contributed by atoms with E-state index < -0.39 is 23.9 Å². The van der Waals surface area contributed by atoms with E-state index in [-0.39, 0.29) is 37.2 Å². The molecular formula is C27H32N6O4S. The van der Waals surface area contributed by atoms with Gasteiger partial charge in [-0.15, -0.1) is 11.3 Å². The predicted octanol–water partition coefficient (Wildman–Crippen LogP) is 1.09. The Bertz CT molecular complexity index is 1320. The number of aromatic amines is 1. The SMILES string of the molecule is NC(=O)[C@@H](Cc1c[nH]c2ccccc12)NC(=O)[C@H]1CN(C(=O)C2CCNCC2)CCN1C(=O)c1cccs1. The molecule has 2 aliphatic rings. The molecule has 2 aliphatic heterocycles. The number of nitrogens with one attached hydrogen (secondary N) is 3. The number of piperidine rings is 1. The van der Waals surface area contributed by atoms with E-state index in [9.17, 15) is 19.2 Å². The zero-order valence-corrected chi connectivity index (χ0v) is 21.8. The minimum atomic E-state index is -0.976. The molecule has 0 aliphatic carbocycles. The number of piperazine rings is 1. The number of thiophene rings is 1. The molecule has 11 heteroatoms. The number of fused-ring (bicyclic) bond motifs is 1. The second-order valence-electron chi connectivity index (χ2n) is 9.83. The van der Waals surface area contributed by atoms with Gasteiger partial charge >= 0.3 is 0 Å². The summed E-state index contributed by atoms with van der Waals surface area (Å²) in [6, 6.07) is 9.28. The molecule has 1 aromatic carbocycles. The molecule has 10 nitrogen and oxygen atoms in total. The first-order valence-corrected chi connectivity index (χ1v) is 13.8. The number of nitrogens with two attached hydrogens (primary N) is 1. The molecule has 0 spiro atoms. The standard InChI is InChI=1S/C27H32N6O4S/c28-24(34)21(14-18-15-30-20-5-2-1-4-19(18)20)31-25(35)22-16-32(26(36)17-7-9-29-10-8-17)11-12-33(22)27(37)23-6-3-13-38-23/h1-6,13,15,17,21-22,29-30H,7-12,14,16H2,(H2,28,34)(H,31,35)/t21-,22-/m1/s1. The van der Waals surface area contributed by atoms with Crippen LogP contribution in [0.5, 0.6) is 0 Å². The molecule has 3 aromatic rings. The number of primary amides is 1. The summed E-state index contributed by atoms with van der Waals surface area (Å²) in [6.45, 7) is 2.23. The molecule has 4 amide bonds. The van der Waals surface area contributed by atoms with Gasteiger partial charge in [0, 0.05) is 42.5 Å². The summed E-state index contributed by atoms with van der Waals surface area (Å²) in [5, 5.41) is 8.81. The van der Waals surface area contributed by atoms with E-state index in [1.54, 1.807) is 23.2 Å². The Morgan fingerprint density at radius 1 is 1.08 bits per heavy atom. The van der Waals surface area contributed by atoms with Crippen LogP contribution < -0.4 is 16.4 Å². The summed E-state index contributed by atoms with van der Waals surface area (Å²) < 4.78 is 0. The summed E-state index contributed by atoms with van der Waals surface area (Å²) in [7, 11) is 0. The minimum absolute atomic E-state index is 0.0118. The van der Waals surface area contributed by atoms with Crippen molar-refractivity contribution in [2.45, 2.75) is 31.3 Å². The minimum Gasteiger partial charge on any atom is -0.368 e. The molecule has 38 heavy (non-hydrogen) atoms.